The number of hydrogen-bond donors (Lipinski definition) is 1. The summed E-state index contributed by atoms with van der Waals surface area (Å²) in [4.78, 5) is 8.44. The lowest BCUT2D eigenvalue weighted by atomic mass is 10.2. The minimum Gasteiger partial charge on any atom is -0.397 e. The number of nitrogens with two attached hydrogens (primary N) is 1. The number of nitrogens with zero attached hydrogens (tertiary/aromatic N) is 3. The third-order valence-electron chi connectivity index (χ3n) is 2.67. The van der Waals surface area contributed by atoms with Crippen LogP contribution in [0.5, 0.6) is 0 Å². The lowest BCUT2D eigenvalue weighted by Gasteiger charge is -1.97. The first-order valence-corrected chi connectivity index (χ1v) is 7.12. The first-order valence-electron chi connectivity index (χ1n) is 6.13. The third-order valence-corrected chi connectivity index (χ3v) is 3.60. The van der Waals surface area contributed by atoms with E-state index in [1.54, 1.807) is 24.4 Å². The fourth-order valence-electron chi connectivity index (χ4n) is 1.64. The Hall–Kier alpha value is -2.41. The van der Waals surface area contributed by atoms with Crippen molar-refractivity contribution < 1.29 is 8.91 Å². The molecular weight excluding hydrogens is 291 g/mol. The summed E-state index contributed by atoms with van der Waals surface area (Å²) in [7, 11) is 0. The first-order chi connectivity index (χ1) is 10.2. The molecule has 2 heterocycles. The van der Waals surface area contributed by atoms with E-state index in [-0.39, 0.29) is 5.82 Å². The number of rotatable bonds is 4. The van der Waals surface area contributed by atoms with Gasteiger partial charge < -0.3 is 10.3 Å². The molecule has 0 amide bonds. The molecule has 0 saturated carbocycles. The Kier molecular flexibility index (Phi) is 3.83. The van der Waals surface area contributed by atoms with Crippen LogP contribution in [0, 0.1) is 5.82 Å². The first kappa shape index (κ1) is 13.6. The lowest BCUT2D eigenvalue weighted by Crippen LogP contribution is -1.87. The topological polar surface area (TPSA) is 77.8 Å². The summed E-state index contributed by atoms with van der Waals surface area (Å²) in [5, 5.41) is 4.70. The van der Waals surface area contributed by atoms with Crippen molar-refractivity contribution >= 4 is 17.4 Å². The van der Waals surface area contributed by atoms with Crippen LogP contribution < -0.4 is 5.73 Å². The summed E-state index contributed by atoms with van der Waals surface area (Å²) in [5.41, 5.74) is 6.90. The fourth-order valence-corrected chi connectivity index (χ4v) is 2.32. The van der Waals surface area contributed by atoms with Gasteiger partial charge in [0, 0.05) is 5.56 Å². The third kappa shape index (κ3) is 3.38. The van der Waals surface area contributed by atoms with Crippen molar-refractivity contribution in [2.24, 2.45) is 0 Å². The van der Waals surface area contributed by atoms with E-state index in [0.29, 0.717) is 28.7 Å². The Balaban J connectivity index is 1.67. The number of hydrogen-bond acceptors (Lipinski definition) is 6. The summed E-state index contributed by atoms with van der Waals surface area (Å²) in [6.07, 6.45) is 1.60. The molecule has 2 aromatic heterocycles. The van der Waals surface area contributed by atoms with E-state index in [2.05, 4.69) is 15.1 Å². The predicted molar refractivity (Wildman–Crippen MR) is 77.9 cm³/mol. The van der Waals surface area contributed by atoms with E-state index in [1.807, 2.05) is 6.07 Å². The van der Waals surface area contributed by atoms with Crippen molar-refractivity contribution in [3.63, 3.8) is 0 Å². The monoisotopic (exact) mass is 302 g/mol. The molecule has 0 atom stereocenters. The second-order valence-corrected chi connectivity index (χ2v) is 5.23. The molecule has 0 aliphatic carbocycles. The van der Waals surface area contributed by atoms with E-state index in [1.165, 1.54) is 23.9 Å². The van der Waals surface area contributed by atoms with Gasteiger partial charge >= 0.3 is 0 Å². The quantitative estimate of drug-likeness (QED) is 0.746. The molecule has 3 aromatic rings. The molecule has 5 nitrogen and oxygen atoms in total. The number of anilines is 1. The van der Waals surface area contributed by atoms with E-state index < -0.39 is 0 Å². The minimum atomic E-state index is -0.299. The van der Waals surface area contributed by atoms with Crippen LogP contribution in [0.15, 0.2) is 52.1 Å². The van der Waals surface area contributed by atoms with Gasteiger partial charge in [0.15, 0.2) is 0 Å². The highest BCUT2D eigenvalue weighted by atomic mass is 32.2. The van der Waals surface area contributed by atoms with Crippen LogP contribution in [0.2, 0.25) is 0 Å². The van der Waals surface area contributed by atoms with Gasteiger partial charge in [-0.25, -0.2) is 9.37 Å². The average molecular weight is 302 g/mol. The van der Waals surface area contributed by atoms with Crippen LogP contribution in [-0.2, 0) is 5.75 Å². The summed E-state index contributed by atoms with van der Waals surface area (Å²) in [5.74, 6) is 1.13. The van der Waals surface area contributed by atoms with Gasteiger partial charge in [0.2, 0.25) is 11.7 Å². The van der Waals surface area contributed by atoms with Crippen molar-refractivity contribution in [1.82, 2.24) is 15.1 Å². The summed E-state index contributed by atoms with van der Waals surface area (Å²) >= 11 is 1.47. The van der Waals surface area contributed by atoms with Crippen LogP contribution >= 0.6 is 11.8 Å². The molecule has 0 bridgehead atoms. The molecule has 0 aliphatic rings. The van der Waals surface area contributed by atoms with Crippen LogP contribution in [-0.4, -0.2) is 15.1 Å². The SMILES string of the molecule is Nc1ccc(SCc2nc(-c3ccc(F)cc3)no2)nc1. The van der Waals surface area contributed by atoms with Gasteiger partial charge in [-0.15, -0.1) is 0 Å². The molecule has 3 rings (SSSR count). The number of halogens is 1. The van der Waals surface area contributed by atoms with E-state index >= 15 is 0 Å². The largest absolute Gasteiger partial charge is 0.397 e. The van der Waals surface area contributed by atoms with E-state index in [0.717, 1.165) is 5.03 Å². The van der Waals surface area contributed by atoms with Crippen LogP contribution in [0.25, 0.3) is 11.4 Å². The second kappa shape index (κ2) is 5.92. The highest BCUT2D eigenvalue weighted by Gasteiger charge is 2.09. The molecule has 0 aliphatic heterocycles. The Labute approximate surface area is 124 Å². The van der Waals surface area contributed by atoms with Crippen LogP contribution in [0.4, 0.5) is 10.1 Å². The number of thioether (sulfide) groups is 1. The van der Waals surface area contributed by atoms with Gasteiger partial charge in [0.25, 0.3) is 0 Å². The van der Waals surface area contributed by atoms with E-state index in [4.69, 9.17) is 10.3 Å². The van der Waals surface area contributed by atoms with Crippen molar-refractivity contribution in [3.05, 3.63) is 54.3 Å². The number of aromatic nitrogens is 3. The predicted octanol–water partition coefficient (Wildman–Crippen LogP) is 3.15. The molecule has 0 spiro atoms. The normalized spacial score (nSPS) is 10.7. The maximum atomic E-state index is 12.9. The highest BCUT2D eigenvalue weighted by Crippen LogP contribution is 2.22. The van der Waals surface area contributed by atoms with Crippen molar-refractivity contribution in [2.45, 2.75) is 10.8 Å². The average Bonchev–Trinajstić information content (AvgIpc) is 2.96. The van der Waals surface area contributed by atoms with Gasteiger partial charge in [-0.1, -0.05) is 16.9 Å². The zero-order valence-corrected chi connectivity index (χ0v) is 11.7. The molecule has 1 aromatic carbocycles. The summed E-state index contributed by atoms with van der Waals surface area (Å²) < 4.78 is 18.0. The lowest BCUT2D eigenvalue weighted by molar-refractivity contribution is 0.391. The molecule has 0 fully saturated rings. The van der Waals surface area contributed by atoms with E-state index in [9.17, 15) is 4.39 Å². The van der Waals surface area contributed by atoms with Crippen molar-refractivity contribution in [1.29, 1.82) is 0 Å². The maximum Gasteiger partial charge on any atom is 0.237 e. The molecule has 0 saturated heterocycles. The molecule has 21 heavy (non-hydrogen) atoms. The maximum absolute atomic E-state index is 12.9. The molecule has 106 valence electrons. The Morgan fingerprint density at radius 2 is 1.95 bits per heavy atom. The summed E-state index contributed by atoms with van der Waals surface area (Å²) in [6.45, 7) is 0. The molecule has 0 radical (unpaired) electrons. The zero-order chi connectivity index (χ0) is 14.7. The van der Waals surface area contributed by atoms with Crippen molar-refractivity contribution in [2.75, 3.05) is 5.73 Å². The van der Waals surface area contributed by atoms with Crippen LogP contribution in [0.3, 0.4) is 0 Å². The number of pyridine rings is 1. The fraction of sp³-hybridized carbons (Fsp3) is 0.0714. The highest BCUT2D eigenvalue weighted by molar-refractivity contribution is 7.98. The van der Waals surface area contributed by atoms with Gasteiger partial charge in [0.05, 0.1) is 22.7 Å². The minimum absolute atomic E-state index is 0.299. The van der Waals surface area contributed by atoms with Crippen molar-refractivity contribution in [3.8, 4) is 11.4 Å². The zero-order valence-electron chi connectivity index (χ0n) is 10.9. The molecule has 7 heteroatoms. The van der Waals surface area contributed by atoms with Gasteiger partial charge in [-0.05, 0) is 36.4 Å². The van der Waals surface area contributed by atoms with Gasteiger partial charge in [0.1, 0.15) is 5.82 Å². The number of benzene rings is 1. The van der Waals surface area contributed by atoms with Gasteiger partial charge in [-0.3, -0.25) is 0 Å². The van der Waals surface area contributed by atoms with Crippen LogP contribution in [0.1, 0.15) is 5.89 Å². The summed E-state index contributed by atoms with van der Waals surface area (Å²) in [6, 6.07) is 9.55. The standard InChI is InChI=1S/C14H11FN4OS/c15-10-3-1-9(2-4-10)14-18-12(20-19-14)8-21-13-6-5-11(16)7-17-13/h1-7H,8,16H2. The number of nitrogen functional groups attached to an aromatic ring is 1. The Morgan fingerprint density at radius 1 is 1.14 bits per heavy atom. The smallest absolute Gasteiger partial charge is 0.237 e. The molecule has 0 unspecified atom stereocenters. The Bertz CT molecular complexity index is 727. The molecule has 2 N–H and O–H groups in total. The van der Waals surface area contributed by atoms with Gasteiger partial charge in [-0.2, -0.15) is 4.98 Å². The second-order valence-electron chi connectivity index (χ2n) is 4.24. The Morgan fingerprint density at radius 3 is 2.67 bits per heavy atom. The molecular formula is C14H11FN4OS.